The van der Waals surface area contributed by atoms with E-state index in [0.29, 0.717) is 42.7 Å². The van der Waals surface area contributed by atoms with Crippen LogP contribution in [0.25, 0.3) is 11.3 Å². The van der Waals surface area contributed by atoms with Gasteiger partial charge in [-0.3, -0.25) is 5.43 Å². The van der Waals surface area contributed by atoms with Gasteiger partial charge in [-0.1, -0.05) is 24.3 Å². The summed E-state index contributed by atoms with van der Waals surface area (Å²) in [5, 5.41) is 16.0. The predicted molar refractivity (Wildman–Crippen MR) is 116 cm³/mol. The van der Waals surface area contributed by atoms with Gasteiger partial charge in [0.25, 0.3) is 0 Å². The van der Waals surface area contributed by atoms with Crippen LogP contribution in [0.2, 0.25) is 0 Å². The summed E-state index contributed by atoms with van der Waals surface area (Å²) in [6.45, 7) is 1.52. The van der Waals surface area contributed by atoms with Crippen LogP contribution >= 0.6 is 11.3 Å². The molecule has 0 unspecified atom stereocenters. The highest BCUT2D eigenvalue weighted by molar-refractivity contribution is 7.89. The molecule has 1 aliphatic rings. The predicted octanol–water partition coefficient (Wildman–Crippen LogP) is 2.98. The number of phenols is 1. The SMILES string of the molecule is O=S(=O)(c1cccc(-c2csc(N/N=C/c3cccc(O)c3)n2)c1)N1CCOCC1. The van der Waals surface area contributed by atoms with Crippen molar-refractivity contribution in [3.63, 3.8) is 0 Å². The number of hydrogen-bond acceptors (Lipinski definition) is 8. The van der Waals surface area contributed by atoms with Crippen molar-refractivity contribution in [2.24, 2.45) is 5.10 Å². The van der Waals surface area contributed by atoms with Crippen LogP contribution in [0.4, 0.5) is 5.13 Å². The summed E-state index contributed by atoms with van der Waals surface area (Å²) in [6.07, 6.45) is 1.58. The second kappa shape index (κ2) is 8.92. The van der Waals surface area contributed by atoms with Crippen molar-refractivity contribution in [2.45, 2.75) is 4.90 Å². The maximum atomic E-state index is 12.9. The van der Waals surface area contributed by atoms with Gasteiger partial charge in [0.2, 0.25) is 15.2 Å². The Bertz CT molecular complexity index is 1150. The smallest absolute Gasteiger partial charge is 0.243 e. The molecule has 1 aliphatic heterocycles. The molecule has 2 heterocycles. The lowest BCUT2D eigenvalue weighted by Crippen LogP contribution is -2.40. The number of nitrogens with one attached hydrogen (secondary N) is 1. The van der Waals surface area contributed by atoms with Gasteiger partial charge in [0.15, 0.2) is 0 Å². The monoisotopic (exact) mass is 444 g/mol. The van der Waals surface area contributed by atoms with E-state index in [-0.39, 0.29) is 10.6 Å². The van der Waals surface area contributed by atoms with Crippen LogP contribution in [0.15, 0.2) is 63.9 Å². The minimum atomic E-state index is -3.56. The van der Waals surface area contributed by atoms with Gasteiger partial charge < -0.3 is 9.84 Å². The third-order valence-corrected chi connectivity index (χ3v) is 7.13. The number of aromatic nitrogens is 1. The van der Waals surface area contributed by atoms with E-state index in [1.165, 1.54) is 15.6 Å². The lowest BCUT2D eigenvalue weighted by atomic mass is 10.2. The maximum absolute atomic E-state index is 12.9. The van der Waals surface area contributed by atoms with Gasteiger partial charge in [-0.15, -0.1) is 11.3 Å². The Kier molecular flexibility index (Phi) is 6.09. The van der Waals surface area contributed by atoms with E-state index < -0.39 is 10.0 Å². The number of hydrazone groups is 1. The molecule has 30 heavy (non-hydrogen) atoms. The Morgan fingerprint density at radius 2 is 1.97 bits per heavy atom. The number of aromatic hydroxyl groups is 1. The van der Waals surface area contributed by atoms with Crippen molar-refractivity contribution in [1.29, 1.82) is 0 Å². The van der Waals surface area contributed by atoms with Gasteiger partial charge in [-0.2, -0.15) is 9.41 Å². The first-order valence-corrected chi connectivity index (χ1v) is 11.6. The number of hydrogen-bond donors (Lipinski definition) is 2. The van der Waals surface area contributed by atoms with Crippen molar-refractivity contribution in [3.05, 3.63) is 59.5 Å². The molecule has 1 aromatic heterocycles. The highest BCUT2D eigenvalue weighted by Gasteiger charge is 2.26. The standard InChI is InChI=1S/C20H20N4O4S2/c25-17-5-1-3-15(11-17)13-21-23-20-22-19(14-29-20)16-4-2-6-18(12-16)30(26,27)24-7-9-28-10-8-24/h1-6,11-14,25H,7-10H2,(H,22,23)/b21-13+. The minimum absolute atomic E-state index is 0.169. The number of sulfonamides is 1. The zero-order valence-corrected chi connectivity index (χ0v) is 17.6. The van der Waals surface area contributed by atoms with E-state index in [9.17, 15) is 13.5 Å². The fourth-order valence-corrected chi connectivity index (χ4v) is 5.10. The summed E-state index contributed by atoms with van der Waals surface area (Å²) in [6, 6.07) is 13.5. The molecule has 0 saturated carbocycles. The zero-order chi connectivity index (χ0) is 21.0. The van der Waals surface area contributed by atoms with Gasteiger partial charge in [0, 0.05) is 24.0 Å². The third kappa shape index (κ3) is 4.68. The average Bonchev–Trinajstić information content (AvgIpc) is 3.24. The van der Waals surface area contributed by atoms with E-state index in [2.05, 4.69) is 15.5 Å². The molecule has 1 saturated heterocycles. The van der Waals surface area contributed by atoms with Gasteiger partial charge in [-0.05, 0) is 29.8 Å². The Morgan fingerprint density at radius 3 is 2.77 bits per heavy atom. The number of phenolic OH excluding ortho intramolecular Hbond substituents is 1. The van der Waals surface area contributed by atoms with Gasteiger partial charge >= 0.3 is 0 Å². The molecule has 2 aromatic carbocycles. The van der Waals surface area contributed by atoms with Gasteiger partial charge in [0.05, 0.1) is 30.0 Å². The first-order valence-electron chi connectivity index (χ1n) is 9.24. The third-order valence-electron chi connectivity index (χ3n) is 4.49. The summed E-state index contributed by atoms with van der Waals surface area (Å²) in [5.74, 6) is 0.169. The summed E-state index contributed by atoms with van der Waals surface area (Å²) >= 11 is 1.36. The van der Waals surface area contributed by atoms with Crippen molar-refractivity contribution >= 4 is 32.7 Å². The molecule has 1 fully saturated rings. The lowest BCUT2D eigenvalue weighted by Gasteiger charge is -2.26. The van der Waals surface area contributed by atoms with Crippen molar-refractivity contribution in [3.8, 4) is 17.0 Å². The number of thiazole rings is 1. The number of benzene rings is 2. The summed E-state index contributed by atoms with van der Waals surface area (Å²) < 4.78 is 32.5. The topological polar surface area (TPSA) is 104 Å². The zero-order valence-electron chi connectivity index (χ0n) is 15.9. The van der Waals surface area contributed by atoms with Crippen molar-refractivity contribution in [1.82, 2.24) is 9.29 Å². The molecule has 156 valence electrons. The molecule has 2 N–H and O–H groups in total. The largest absolute Gasteiger partial charge is 0.508 e. The average molecular weight is 445 g/mol. The van der Waals surface area contributed by atoms with Gasteiger partial charge in [0.1, 0.15) is 5.75 Å². The molecule has 0 amide bonds. The minimum Gasteiger partial charge on any atom is -0.508 e. The van der Waals surface area contributed by atoms with Crippen LogP contribution in [-0.4, -0.2) is 55.3 Å². The Hall–Kier alpha value is -2.79. The van der Waals surface area contributed by atoms with E-state index in [0.717, 1.165) is 5.56 Å². The van der Waals surface area contributed by atoms with E-state index in [4.69, 9.17) is 4.74 Å². The number of ether oxygens (including phenoxy) is 1. The molecule has 0 radical (unpaired) electrons. The fourth-order valence-electron chi connectivity index (χ4n) is 2.98. The second-order valence-electron chi connectivity index (χ2n) is 6.55. The van der Waals surface area contributed by atoms with Crippen LogP contribution in [0.5, 0.6) is 5.75 Å². The summed E-state index contributed by atoms with van der Waals surface area (Å²) in [7, 11) is -3.56. The van der Waals surface area contributed by atoms with Crippen LogP contribution in [0, 0.1) is 0 Å². The van der Waals surface area contributed by atoms with Crippen LogP contribution in [0.3, 0.4) is 0 Å². The normalized spacial score (nSPS) is 15.5. The lowest BCUT2D eigenvalue weighted by molar-refractivity contribution is 0.0730. The highest BCUT2D eigenvalue weighted by Crippen LogP contribution is 2.28. The van der Waals surface area contributed by atoms with E-state index in [1.54, 1.807) is 42.6 Å². The quantitative estimate of drug-likeness (QED) is 0.447. The first kappa shape index (κ1) is 20.5. The molecule has 0 spiro atoms. The number of rotatable bonds is 6. The van der Waals surface area contributed by atoms with Crippen molar-refractivity contribution < 1.29 is 18.3 Å². The Labute approximate surface area is 178 Å². The number of anilines is 1. The van der Waals surface area contributed by atoms with Crippen molar-refractivity contribution in [2.75, 3.05) is 31.7 Å². The van der Waals surface area contributed by atoms with Crippen LogP contribution in [-0.2, 0) is 14.8 Å². The molecule has 4 rings (SSSR count). The fraction of sp³-hybridized carbons (Fsp3) is 0.200. The number of morpholine rings is 1. The van der Waals surface area contributed by atoms with Gasteiger partial charge in [-0.25, -0.2) is 13.4 Å². The van der Waals surface area contributed by atoms with Crippen LogP contribution < -0.4 is 5.43 Å². The molecule has 0 aliphatic carbocycles. The molecular formula is C20H20N4O4S2. The Balaban J connectivity index is 1.49. The Morgan fingerprint density at radius 1 is 1.17 bits per heavy atom. The van der Waals surface area contributed by atoms with Crippen LogP contribution in [0.1, 0.15) is 5.56 Å². The van der Waals surface area contributed by atoms with E-state index in [1.807, 2.05) is 17.5 Å². The molecule has 8 nitrogen and oxygen atoms in total. The second-order valence-corrected chi connectivity index (χ2v) is 9.34. The summed E-state index contributed by atoms with van der Waals surface area (Å²) in [4.78, 5) is 4.72. The first-order chi connectivity index (χ1) is 14.5. The summed E-state index contributed by atoms with van der Waals surface area (Å²) in [5.41, 5.74) is 4.98. The van der Waals surface area contributed by atoms with E-state index >= 15 is 0 Å². The molecule has 3 aromatic rings. The molecule has 0 bridgehead atoms. The number of nitrogens with zero attached hydrogens (tertiary/aromatic N) is 3. The maximum Gasteiger partial charge on any atom is 0.243 e. The molecular weight excluding hydrogens is 424 g/mol. The highest BCUT2D eigenvalue weighted by atomic mass is 32.2. The molecule has 0 atom stereocenters. The molecule has 10 heteroatoms.